The fourth-order valence-electron chi connectivity index (χ4n) is 0.683. The number of carbonyl (C=O) groups excluding carboxylic acids is 1. The second-order valence-electron chi connectivity index (χ2n) is 2.47. The number of aliphatic imine (C=N–C) groups is 1. The smallest absolute Gasteiger partial charge is 0.194 e. The standard InChI is InChI=1S/C7H9NO2/c1-5-7(2,10)6(9)3-4-8-5/h3-4,10H,1-2H3. The van der Waals surface area contributed by atoms with Crippen LogP contribution in [-0.4, -0.2) is 22.2 Å². The Morgan fingerprint density at radius 2 is 2.30 bits per heavy atom. The predicted molar refractivity (Wildman–Crippen MR) is 37.9 cm³/mol. The Balaban J connectivity index is 3.05. The minimum atomic E-state index is -1.38. The molecular formula is C7H9NO2. The maximum absolute atomic E-state index is 10.9. The zero-order valence-electron chi connectivity index (χ0n) is 5.96. The fraction of sp³-hybridized carbons (Fsp3) is 0.429. The van der Waals surface area contributed by atoms with Crippen molar-refractivity contribution in [3.05, 3.63) is 12.3 Å². The molecule has 0 aromatic rings. The molecule has 3 heteroatoms. The van der Waals surface area contributed by atoms with Crippen molar-refractivity contribution in [2.24, 2.45) is 4.99 Å². The van der Waals surface area contributed by atoms with Gasteiger partial charge in [-0.25, -0.2) is 0 Å². The lowest BCUT2D eigenvalue weighted by atomic mass is 9.94. The minimum Gasteiger partial charge on any atom is -0.376 e. The Hall–Kier alpha value is -0.960. The monoisotopic (exact) mass is 139 g/mol. The molecule has 0 saturated carbocycles. The van der Waals surface area contributed by atoms with Gasteiger partial charge in [-0.3, -0.25) is 9.79 Å². The van der Waals surface area contributed by atoms with E-state index in [9.17, 15) is 9.90 Å². The summed E-state index contributed by atoms with van der Waals surface area (Å²) in [7, 11) is 0. The molecule has 1 N–H and O–H groups in total. The maximum Gasteiger partial charge on any atom is 0.194 e. The lowest BCUT2D eigenvalue weighted by molar-refractivity contribution is -0.125. The molecule has 1 rings (SSSR count). The van der Waals surface area contributed by atoms with E-state index >= 15 is 0 Å². The number of hydrogen-bond acceptors (Lipinski definition) is 3. The van der Waals surface area contributed by atoms with E-state index in [2.05, 4.69) is 4.99 Å². The Kier molecular flexibility index (Phi) is 1.45. The Morgan fingerprint density at radius 1 is 1.70 bits per heavy atom. The summed E-state index contributed by atoms with van der Waals surface area (Å²) in [5, 5.41) is 9.38. The van der Waals surface area contributed by atoms with Crippen LogP contribution in [0, 0.1) is 0 Å². The summed E-state index contributed by atoms with van der Waals surface area (Å²) in [6, 6.07) is 0. The molecule has 54 valence electrons. The molecule has 0 radical (unpaired) electrons. The average Bonchev–Trinajstić information content (AvgIpc) is 1.84. The number of rotatable bonds is 0. The summed E-state index contributed by atoms with van der Waals surface area (Å²) in [5.74, 6) is -0.306. The van der Waals surface area contributed by atoms with Gasteiger partial charge in [0.1, 0.15) is 0 Å². The summed E-state index contributed by atoms with van der Waals surface area (Å²) in [5.41, 5.74) is -0.936. The molecule has 1 aliphatic heterocycles. The van der Waals surface area contributed by atoms with E-state index in [-0.39, 0.29) is 5.78 Å². The minimum absolute atomic E-state index is 0.306. The van der Waals surface area contributed by atoms with Gasteiger partial charge in [-0.2, -0.15) is 0 Å². The normalized spacial score (nSPS) is 32.3. The highest BCUT2D eigenvalue weighted by Gasteiger charge is 2.32. The van der Waals surface area contributed by atoms with Crippen molar-refractivity contribution in [2.75, 3.05) is 0 Å². The zero-order chi connectivity index (χ0) is 7.78. The third-order valence-electron chi connectivity index (χ3n) is 1.68. The summed E-state index contributed by atoms with van der Waals surface area (Å²) >= 11 is 0. The molecule has 0 fully saturated rings. The van der Waals surface area contributed by atoms with Crippen LogP contribution < -0.4 is 0 Å². The second kappa shape index (κ2) is 2.02. The number of nitrogens with zero attached hydrogens (tertiary/aromatic N) is 1. The average molecular weight is 139 g/mol. The van der Waals surface area contributed by atoms with E-state index in [0.717, 1.165) is 0 Å². The number of carbonyl (C=O) groups is 1. The molecule has 0 aliphatic carbocycles. The molecular weight excluding hydrogens is 130 g/mol. The largest absolute Gasteiger partial charge is 0.376 e. The van der Waals surface area contributed by atoms with E-state index in [1.54, 1.807) is 6.92 Å². The second-order valence-corrected chi connectivity index (χ2v) is 2.47. The van der Waals surface area contributed by atoms with Gasteiger partial charge in [-0.1, -0.05) is 0 Å². The number of hydrogen-bond donors (Lipinski definition) is 1. The van der Waals surface area contributed by atoms with Gasteiger partial charge in [0.05, 0.1) is 5.71 Å². The molecule has 10 heavy (non-hydrogen) atoms. The van der Waals surface area contributed by atoms with Gasteiger partial charge < -0.3 is 5.11 Å². The number of ketones is 1. The highest BCUT2D eigenvalue weighted by Crippen LogP contribution is 2.12. The third kappa shape index (κ3) is 0.885. The first-order chi connectivity index (χ1) is 4.55. The molecule has 0 spiro atoms. The van der Waals surface area contributed by atoms with Gasteiger partial charge in [-0.05, 0) is 13.8 Å². The van der Waals surface area contributed by atoms with E-state index in [1.165, 1.54) is 19.2 Å². The predicted octanol–water partition coefficient (Wildman–Crippen LogP) is 0.295. The fourth-order valence-corrected chi connectivity index (χ4v) is 0.683. The van der Waals surface area contributed by atoms with Crippen molar-refractivity contribution in [1.29, 1.82) is 0 Å². The lowest BCUT2D eigenvalue weighted by Crippen LogP contribution is -2.42. The first kappa shape index (κ1) is 7.15. The topological polar surface area (TPSA) is 49.7 Å². The third-order valence-corrected chi connectivity index (χ3v) is 1.68. The van der Waals surface area contributed by atoms with Crippen molar-refractivity contribution in [3.8, 4) is 0 Å². The molecule has 0 saturated heterocycles. The Bertz CT molecular complexity index is 226. The van der Waals surface area contributed by atoms with E-state index < -0.39 is 5.60 Å². The van der Waals surface area contributed by atoms with Gasteiger partial charge in [0.2, 0.25) is 0 Å². The first-order valence-electron chi connectivity index (χ1n) is 3.03. The van der Waals surface area contributed by atoms with Crippen molar-refractivity contribution in [3.63, 3.8) is 0 Å². The van der Waals surface area contributed by atoms with Crippen molar-refractivity contribution >= 4 is 11.5 Å². The van der Waals surface area contributed by atoms with Crippen LogP contribution in [0.2, 0.25) is 0 Å². The maximum atomic E-state index is 10.9. The van der Waals surface area contributed by atoms with Gasteiger partial charge in [0, 0.05) is 12.3 Å². The van der Waals surface area contributed by atoms with E-state index in [0.29, 0.717) is 5.71 Å². The lowest BCUT2D eigenvalue weighted by Gasteiger charge is -2.21. The van der Waals surface area contributed by atoms with Crippen LogP contribution in [0.1, 0.15) is 13.8 Å². The molecule has 0 aromatic carbocycles. The summed E-state index contributed by atoms with van der Waals surface area (Å²) in [6.45, 7) is 3.07. The summed E-state index contributed by atoms with van der Waals surface area (Å²) < 4.78 is 0. The van der Waals surface area contributed by atoms with E-state index in [1.807, 2.05) is 0 Å². The van der Waals surface area contributed by atoms with Crippen LogP contribution in [0.15, 0.2) is 17.3 Å². The highest BCUT2D eigenvalue weighted by molar-refractivity contribution is 6.17. The molecule has 0 amide bonds. The number of aliphatic hydroxyl groups is 1. The molecule has 0 aromatic heterocycles. The molecule has 3 nitrogen and oxygen atoms in total. The van der Waals surface area contributed by atoms with Crippen LogP contribution in [0.4, 0.5) is 0 Å². The van der Waals surface area contributed by atoms with Crippen LogP contribution in [0.5, 0.6) is 0 Å². The highest BCUT2D eigenvalue weighted by atomic mass is 16.3. The Labute approximate surface area is 59.1 Å². The molecule has 1 aliphatic rings. The van der Waals surface area contributed by atoms with Gasteiger partial charge in [0.25, 0.3) is 0 Å². The van der Waals surface area contributed by atoms with Crippen molar-refractivity contribution in [1.82, 2.24) is 0 Å². The van der Waals surface area contributed by atoms with Crippen LogP contribution in [0.25, 0.3) is 0 Å². The molecule has 1 unspecified atom stereocenters. The molecule has 1 atom stereocenters. The van der Waals surface area contributed by atoms with Crippen LogP contribution >= 0.6 is 0 Å². The van der Waals surface area contributed by atoms with E-state index in [4.69, 9.17) is 0 Å². The van der Waals surface area contributed by atoms with Gasteiger partial charge >= 0.3 is 0 Å². The Morgan fingerprint density at radius 3 is 2.70 bits per heavy atom. The van der Waals surface area contributed by atoms with Crippen LogP contribution in [-0.2, 0) is 4.79 Å². The summed E-state index contributed by atoms with van der Waals surface area (Å²) in [4.78, 5) is 14.7. The van der Waals surface area contributed by atoms with Crippen molar-refractivity contribution < 1.29 is 9.90 Å². The molecule has 1 heterocycles. The molecule has 0 bridgehead atoms. The van der Waals surface area contributed by atoms with Gasteiger partial charge in [-0.15, -0.1) is 0 Å². The van der Waals surface area contributed by atoms with Gasteiger partial charge in [0.15, 0.2) is 11.4 Å². The SMILES string of the molecule is CC1=NC=CC(=O)C1(C)O. The summed E-state index contributed by atoms with van der Waals surface area (Å²) in [6.07, 6.45) is 2.67. The van der Waals surface area contributed by atoms with Crippen molar-refractivity contribution in [2.45, 2.75) is 19.4 Å². The first-order valence-corrected chi connectivity index (χ1v) is 3.03. The quantitative estimate of drug-likeness (QED) is 0.524. The van der Waals surface area contributed by atoms with Crippen LogP contribution in [0.3, 0.4) is 0 Å². The zero-order valence-corrected chi connectivity index (χ0v) is 5.96.